The first-order valence-corrected chi connectivity index (χ1v) is 14.7. The average Bonchev–Trinajstić information content (AvgIpc) is 3.42. The number of likely N-dealkylation sites (tertiary alicyclic amines) is 1. The van der Waals surface area contributed by atoms with E-state index in [1.807, 2.05) is 47.4 Å². The van der Waals surface area contributed by atoms with Crippen molar-refractivity contribution in [1.29, 1.82) is 0 Å². The molecular formula is C30H36N4O3S. The quantitative estimate of drug-likeness (QED) is 0.352. The van der Waals surface area contributed by atoms with Gasteiger partial charge in [0, 0.05) is 24.7 Å². The number of rotatable bonds is 7. The molecule has 2 heterocycles. The first-order valence-electron chi connectivity index (χ1n) is 13.7. The molecule has 1 aliphatic heterocycles. The molecule has 0 unspecified atom stereocenters. The predicted octanol–water partition coefficient (Wildman–Crippen LogP) is 4.71. The van der Waals surface area contributed by atoms with E-state index < -0.39 is 0 Å². The van der Waals surface area contributed by atoms with E-state index in [0.717, 1.165) is 37.9 Å². The van der Waals surface area contributed by atoms with Gasteiger partial charge in [-0.2, -0.15) is 0 Å². The number of nitrogens with one attached hydrogen (secondary N) is 1. The summed E-state index contributed by atoms with van der Waals surface area (Å²) in [5.74, 6) is 1.26. The summed E-state index contributed by atoms with van der Waals surface area (Å²) in [7, 11) is 0. The number of benzene rings is 2. The maximum Gasteiger partial charge on any atom is 0.262 e. The van der Waals surface area contributed by atoms with Gasteiger partial charge in [0.05, 0.1) is 23.2 Å². The van der Waals surface area contributed by atoms with Gasteiger partial charge in [0.15, 0.2) is 5.16 Å². The first kappa shape index (κ1) is 26.5. The van der Waals surface area contributed by atoms with Crippen LogP contribution in [0.3, 0.4) is 0 Å². The molecule has 3 aromatic rings. The molecule has 2 aliphatic rings. The van der Waals surface area contributed by atoms with Crippen molar-refractivity contribution < 1.29 is 9.59 Å². The molecule has 1 saturated carbocycles. The fraction of sp³-hybridized carbons (Fsp3) is 0.467. The van der Waals surface area contributed by atoms with Gasteiger partial charge in [-0.05, 0) is 60.9 Å². The molecule has 2 amide bonds. The van der Waals surface area contributed by atoms with Gasteiger partial charge in [0.1, 0.15) is 0 Å². The fourth-order valence-corrected chi connectivity index (χ4v) is 6.67. The van der Waals surface area contributed by atoms with Crippen LogP contribution in [-0.4, -0.2) is 51.1 Å². The van der Waals surface area contributed by atoms with Crippen molar-refractivity contribution in [3.63, 3.8) is 0 Å². The second kappa shape index (κ2) is 11.7. The van der Waals surface area contributed by atoms with Crippen LogP contribution in [0.4, 0.5) is 0 Å². The van der Waals surface area contributed by atoms with Gasteiger partial charge in [0.2, 0.25) is 5.91 Å². The number of piperidine rings is 1. The van der Waals surface area contributed by atoms with Crippen LogP contribution in [0.15, 0.2) is 58.5 Å². The first-order chi connectivity index (χ1) is 18.4. The largest absolute Gasteiger partial charge is 0.349 e. The molecule has 200 valence electrons. The van der Waals surface area contributed by atoms with E-state index in [1.165, 1.54) is 24.6 Å². The van der Waals surface area contributed by atoms with E-state index in [2.05, 4.69) is 19.2 Å². The molecule has 1 saturated heterocycles. The van der Waals surface area contributed by atoms with Crippen LogP contribution in [0.2, 0.25) is 0 Å². The number of thioether (sulfide) groups is 1. The Morgan fingerprint density at radius 3 is 2.39 bits per heavy atom. The number of carbonyl (C=O) groups is 2. The van der Waals surface area contributed by atoms with Crippen molar-refractivity contribution in [2.24, 2.45) is 11.8 Å². The molecule has 2 fully saturated rings. The van der Waals surface area contributed by atoms with Gasteiger partial charge in [-0.3, -0.25) is 19.0 Å². The molecule has 0 spiro atoms. The van der Waals surface area contributed by atoms with Crippen molar-refractivity contribution in [3.05, 3.63) is 70.0 Å². The summed E-state index contributed by atoms with van der Waals surface area (Å²) in [6.07, 6.45) is 5.56. The number of para-hydroxylation sites is 1. The zero-order valence-corrected chi connectivity index (χ0v) is 23.0. The third-order valence-corrected chi connectivity index (χ3v) is 8.58. The Kier molecular flexibility index (Phi) is 8.17. The van der Waals surface area contributed by atoms with E-state index in [4.69, 9.17) is 4.98 Å². The number of hydrogen-bond acceptors (Lipinski definition) is 5. The lowest BCUT2D eigenvalue weighted by Gasteiger charge is -2.35. The molecule has 2 aromatic carbocycles. The Morgan fingerprint density at radius 2 is 1.68 bits per heavy atom. The Morgan fingerprint density at radius 1 is 1.00 bits per heavy atom. The minimum Gasteiger partial charge on any atom is -0.349 e. The summed E-state index contributed by atoms with van der Waals surface area (Å²) in [5, 5.41) is 4.20. The van der Waals surface area contributed by atoms with Gasteiger partial charge >= 0.3 is 0 Å². The van der Waals surface area contributed by atoms with Crippen molar-refractivity contribution >= 4 is 34.5 Å². The van der Waals surface area contributed by atoms with Crippen LogP contribution in [-0.2, 0) is 11.3 Å². The Balaban J connectivity index is 1.35. The summed E-state index contributed by atoms with van der Waals surface area (Å²) < 4.78 is 1.65. The SMILES string of the molecule is C[C@@H]1C[C@@H](C)CN(C(=O)CSc2nc3ccccc3c(=O)n2Cc2ccc(C(=O)NC3CCCC3)cc2)C1. The zero-order valence-electron chi connectivity index (χ0n) is 22.2. The highest BCUT2D eigenvalue weighted by atomic mass is 32.2. The second-order valence-electron chi connectivity index (χ2n) is 11.0. The summed E-state index contributed by atoms with van der Waals surface area (Å²) in [5.41, 5.74) is 2.01. The van der Waals surface area contributed by atoms with Crippen LogP contribution >= 0.6 is 11.8 Å². The Labute approximate surface area is 228 Å². The molecule has 5 rings (SSSR count). The molecule has 1 aromatic heterocycles. The average molecular weight is 533 g/mol. The maximum absolute atomic E-state index is 13.5. The topological polar surface area (TPSA) is 84.3 Å². The normalized spacial score (nSPS) is 20.1. The standard InChI is InChI=1S/C30H36N4O3S/c1-20-15-21(2)17-33(16-20)27(35)19-38-30-32-26-10-6-5-9-25(26)29(37)34(30)18-22-11-13-23(14-12-22)28(36)31-24-7-3-4-8-24/h5-6,9-14,20-21,24H,3-4,7-8,15-19H2,1-2H3,(H,31,36)/t20-,21-/m1/s1. The Bertz CT molecular complexity index is 1350. The summed E-state index contributed by atoms with van der Waals surface area (Å²) in [4.78, 5) is 45.9. The molecule has 0 radical (unpaired) electrons. The van der Waals surface area contributed by atoms with Gasteiger partial charge in [0.25, 0.3) is 11.5 Å². The van der Waals surface area contributed by atoms with Crippen LogP contribution < -0.4 is 10.9 Å². The van der Waals surface area contributed by atoms with E-state index in [0.29, 0.717) is 40.0 Å². The maximum atomic E-state index is 13.5. The number of aromatic nitrogens is 2. The number of nitrogens with zero attached hydrogens (tertiary/aromatic N) is 3. The monoisotopic (exact) mass is 532 g/mol. The lowest BCUT2D eigenvalue weighted by molar-refractivity contribution is -0.130. The van der Waals surface area contributed by atoms with Crippen molar-refractivity contribution in [3.8, 4) is 0 Å². The van der Waals surface area contributed by atoms with E-state index in [1.54, 1.807) is 10.6 Å². The molecule has 7 nitrogen and oxygen atoms in total. The minimum absolute atomic E-state index is 0.0518. The smallest absolute Gasteiger partial charge is 0.262 e. The molecule has 1 N–H and O–H groups in total. The molecular weight excluding hydrogens is 496 g/mol. The number of fused-ring (bicyclic) bond motifs is 1. The lowest BCUT2D eigenvalue weighted by atomic mass is 9.92. The third kappa shape index (κ3) is 6.12. The second-order valence-corrected chi connectivity index (χ2v) is 11.9. The summed E-state index contributed by atoms with van der Waals surface area (Å²) in [6.45, 7) is 6.25. The van der Waals surface area contributed by atoms with Gasteiger partial charge < -0.3 is 10.2 Å². The fourth-order valence-electron chi connectivity index (χ4n) is 5.76. The highest BCUT2D eigenvalue weighted by Gasteiger charge is 2.26. The molecule has 2 atom stereocenters. The van der Waals surface area contributed by atoms with Crippen LogP contribution in [0.5, 0.6) is 0 Å². The number of hydrogen-bond donors (Lipinski definition) is 1. The predicted molar refractivity (Wildman–Crippen MR) is 152 cm³/mol. The third-order valence-electron chi connectivity index (χ3n) is 7.62. The van der Waals surface area contributed by atoms with Gasteiger partial charge in [-0.25, -0.2) is 4.98 Å². The van der Waals surface area contributed by atoms with Crippen molar-refractivity contribution in [2.45, 2.75) is 63.7 Å². The minimum atomic E-state index is -0.131. The molecule has 1 aliphatic carbocycles. The Hall–Kier alpha value is -3.13. The summed E-state index contributed by atoms with van der Waals surface area (Å²) in [6, 6.07) is 15.0. The van der Waals surface area contributed by atoms with Crippen LogP contribution in [0.1, 0.15) is 61.9 Å². The highest BCUT2D eigenvalue weighted by Crippen LogP contribution is 2.24. The van der Waals surface area contributed by atoms with E-state index in [-0.39, 0.29) is 29.2 Å². The lowest BCUT2D eigenvalue weighted by Crippen LogP contribution is -2.43. The molecule has 38 heavy (non-hydrogen) atoms. The van der Waals surface area contributed by atoms with Gasteiger partial charge in [-0.1, -0.05) is 62.7 Å². The zero-order chi connectivity index (χ0) is 26.6. The van der Waals surface area contributed by atoms with Crippen LogP contribution in [0, 0.1) is 11.8 Å². The summed E-state index contributed by atoms with van der Waals surface area (Å²) >= 11 is 1.32. The number of carbonyl (C=O) groups excluding carboxylic acids is 2. The van der Waals surface area contributed by atoms with Crippen molar-refractivity contribution in [1.82, 2.24) is 19.8 Å². The van der Waals surface area contributed by atoms with Crippen molar-refractivity contribution in [2.75, 3.05) is 18.8 Å². The molecule has 0 bridgehead atoms. The number of amides is 2. The van der Waals surface area contributed by atoms with E-state index in [9.17, 15) is 14.4 Å². The van der Waals surface area contributed by atoms with E-state index >= 15 is 0 Å². The highest BCUT2D eigenvalue weighted by molar-refractivity contribution is 7.99. The molecule has 8 heteroatoms. The van der Waals surface area contributed by atoms with Crippen LogP contribution in [0.25, 0.3) is 10.9 Å². The van der Waals surface area contributed by atoms with Gasteiger partial charge in [-0.15, -0.1) is 0 Å².